The van der Waals surface area contributed by atoms with Crippen molar-refractivity contribution in [3.05, 3.63) is 44.3 Å². The summed E-state index contributed by atoms with van der Waals surface area (Å²) < 4.78 is 0. The van der Waals surface area contributed by atoms with Gasteiger partial charge in [0.05, 0.1) is 6.04 Å². The molecule has 0 radical (unpaired) electrons. The average molecular weight is 280 g/mol. The van der Waals surface area contributed by atoms with Gasteiger partial charge >= 0.3 is 0 Å². The molecule has 2 nitrogen and oxygen atoms in total. The van der Waals surface area contributed by atoms with E-state index < -0.39 is 0 Å². The lowest BCUT2D eigenvalue weighted by atomic mass is 10.1. The predicted octanol–water partition coefficient (Wildman–Crippen LogP) is 3.64. The van der Waals surface area contributed by atoms with Gasteiger partial charge in [-0.3, -0.25) is 4.90 Å². The molecule has 0 aromatic carbocycles. The smallest absolute Gasteiger partial charge is 0.0570 e. The van der Waals surface area contributed by atoms with Gasteiger partial charge in [0.15, 0.2) is 0 Å². The molecule has 98 valence electrons. The lowest BCUT2D eigenvalue weighted by molar-refractivity contribution is 0.208. The summed E-state index contributed by atoms with van der Waals surface area (Å²) in [6.07, 6.45) is 0. The quantitative estimate of drug-likeness (QED) is 0.875. The Morgan fingerprint density at radius 2 is 2.11 bits per heavy atom. The molecule has 2 rings (SSSR count). The first-order valence-corrected chi connectivity index (χ1v) is 8.02. The van der Waals surface area contributed by atoms with Crippen molar-refractivity contribution in [3.8, 4) is 0 Å². The minimum Gasteiger partial charge on any atom is -0.329 e. The normalized spacial score (nSPS) is 13.1. The molecule has 0 fully saturated rings. The summed E-state index contributed by atoms with van der Waals surface area (Å²) in [5.41, 5.74) is 7.37. The van der Waals surface area contributed by atoms with Crippen LogP contribution in [0, 0.1) is 6.92 Å². The number of aryl methyl sites for hydroxylation is 1. The largest absolute Gasteiger partial charge is 0.329 e. The summed E-state index contributed by atoms with van der Waals surface area (Å²) in [6.45, 7) is 7.08. The van der Waals surface area contributed by atoms with Crippen molar-refractivity contribution in [2.45, 2.75) is 26.4 Å². The second-order valence-electron chi connectivity index (χ2n) is 4.36. The van der Waals surface area contributed by atoms with E-state index in [4.69, 9.17) is 5.73 Å². The molecule has 0 saturated carbocycles. The molecule has 0 bridgehead atoms. The Labute approximate surface area is 117 Å². The molecule has 2 N–H and O–H groups in total. The summed E-state index contributed by atoms with van der Waals surface area (Å²) in [5.74, 6) is 0. The summed E-state index contributed by atoms with van der Waals surface area (Å²) >= 11 is 3.64. The zero-order valence-electron chi connectivity index (χ0n) is 10.9. The lowest BCUT2D eigenvalue weighted by Gasteiger charge is -2.29. The Bertz CT molecular complexity index is 462. The van der Waals surface area contributed by atoms with E-state index in [9.17, 15) is 0 Å². The van der Waals surface area contributed by atoms with Gasteiger partial charge in [0.25, 0.3) is 0 Å². The number of hydrogen-bond donors (Lipinski definition) is 1. The van der Waals surface area contributed by atoms with Crippen LogP contribution in [-0.4, -0.2) is 18.0 Å². The average Bonchev–Trinajstić information content (AvgIpc) is 3.01. The number of thiophene rings is 2. The molecular weight excluding hydrogens is 260 g/mol. The van der Waals surface area contributed by atoms with E-state index >= 15 is 0 Å². The molecular formula is C14H20N2S2. The highest BCUT2D eigenvalue weighted by Gasteiger charge is 2.20. The Morgan fingerprint density at radius 1 is 1.28 bits per heavy atom. The second-order valence-corrected chi connectivity index (χ2v) is 6.34. The number of hydrogen-bond acceptors (Lipinski definition) is 4. The van der Waals surface area contributed by atoms with E-state index in [0.717, 1.165) is 13.1 Å². The number of likely N-dealkylation sites (N-methyl/N-ethyl adjacent to an activating group) is 1. The Kier molecular flexibility index (Phi) is 4.95. The molecule has 2 aromatic rings. The summed E-state index contributed by atoms with van der Waals surface area (Å²) in [7, 11) is 0. The molecule has 0 amide bonds. The van der Waals surface area contributed by atoms with Crippen LogP contribution >= 0.6 is 22.7 Å². The maximum atomic E-state index is 6.01. The number of nitrogens with two attached hydrogens (primary N) is 1. The topological polar surface area (TPSA) is 29.3 Å². The van der Waals surface area contributed by atoms with Crippen LogP contribution in [-0.2, 0) is 6.54 Å². The Balaban J connectivity index is 2.16. The molecule has 4 heteroatoms. The highest BCUT2D eigenvalue weighted by molar-refractivity contribution is 7.10. The van der Waals surface area contributed by atoms with Crippen molar-refractivity contribution in [1.29, 1.82) is 0 Å². The van der Waals surface area contributed by atoms with E-state index in [0.29, 0.717) is 12.6 Å². The molecule has 0 aliphatic heterocycles. The van der Waals surface area contributed by atoms with Crippen LogP contribution < -0.4 is 5.73 Å². The molecule has 1 atom stereocenters. The van der Waals surface area contributed by atoms with Gasteiger partial charge in [0.2, 0.25) is 0 Å². The monoisotopic (exact) mass is 280 g/mol. The summed E-state index contributed by atoms with van der Waals surface area (Å²) in [5, 5.41) is 4.29. The van der Waals surface area contributed by atoms with Crippen molar-refractivity contribution in [3.63, 3.8) is 0 Å². The molecule has 0 aliphatic rings. The van der Waals surface area contributed by atoms with Crippen molar-refractivity contribution >= 4 is 22.7 Å². The third kappa shape index (κ3) is 3.01. The van der Waals surface area contributed by atoms with E-state index in [1.807, 2.05) is 22.7 Å². The molecule has 0 aliphatic carbocycles. The van der Waals surface area contributed by atoms with Crippen LogP contribution in [0.1, 0.15) is 28.3 Å². The lowest BCUT2D eigenvalue weighted by Crippen LogP contribution is -2.32. The molecule has 18 heavy (non-hydrogen) atoms. The van der Waals surface area contributed by atoms with E-state index in [1.54, 1.807) is 0 Å². The molecule has 0 spiro atoms. The van der Waals surface area contributed by atoms with Gasteiger partial charge < -0.3 is 5.73 Å². The molecule has 2 heterocycles. The highest BCUT2D eigenvalue weighted by Crippen LogP contribution is 2.29. The minimum atomic E-state index is 0.345. The van der Waals surface area contributed by atoms with Crippen LogP contribution in [0.15, 0.2) is 29.0 Å². The first kappa shape index (κ1) is 13.7. The fourth-order valence-corrected chi connectivity index (χ4v) is 4.00. The van der Waals surface area contributed by atoms with Gasteiger partial charge in [-0.25, -0.2) is 0 Å². The predicted molar refractivity (Wildman–Crippen MR) is 81.3 cm³/mol. The van der Waals surface area contributed by atoms with Crippen LogP contribution in [0.3, 0.4) is 0 Å². The van der Waals surface area contributed by atoms with Crippen molar-refractivity contribution in [2.75, 3.05) is 13.1 Å². The van der Waals surface area contributed by atoms with E-state index in [-0.39, 0.29) is 0 Å². The zero-order chi connectivity index (χ0) is 13.0. The van der Waals surface area contributed by atoms with Gasteiger partial charge in [0.1, 0.15) is 0 Å². The van der Waals surface area contributed by atoms with Crippen LogP contribution in [0.2, 0.25) is 0 Å². The molecule has 0 saturated heterocycles. The molecule has 2 aromatic heterocycles. The highest BCUT2D eigenvalue weighted by atomic mass is 32.1. The first-order chi connectivity index (χ1) is 8.76. The summed E-state index contributed by atoms with van der Waals surface area (Å²) in [6, 6.07) is 6.84. The van der Waals surface area contributed by atoms with Gasteiger partial charge in [0, 0.05) is 22.8 Å². The maximum absolute atomic E-state index is 6.01. The fourth-order valence-electron chi connectivity index (χ4n) is 2.19. The van der Waals surface area contributed by atoms with E-state index in [2.05, 4.69) is 47.7 Å². The SMILES string of the molecule is CCN(Cc1cccs1)C(CN)c1sccc1C. The van der Waals surface area contributed by atoms with Crippen molar-refractivity contribution in [2.24, 2.45) is 5.73 Å². The van der Waals surface area contributed by atoms with Gasteiger partial charge in [-0.05, 0) is 41.9 Å². The Hall–Kier alpha value is -0.680. The Morgan fingerprint density at radius 3 is 2.61 bits per heavy atom. The summed E-state index contributed by atoms with van der Waals surface area (Å²) in [4.78, 5) is 5.28. The zero-order valence-corrected chi connectivity index (χ0v) is 12.6. The second kappa shape index (κ2) is 6.48. The fraction of sp³-hybridized carbons (Fsp3) is 0.429. The van der Waals surface area contributed by atoms with Crippen LogP contribution in [0.25, 0.3) is 0 Å². The van der Waals surface area contributed by atoms with Gasteiger partial charge in [-0.2, -0.15) is 0 Å². The number of rotatable bonds is 6. The molecule has 1 unspecified atom stereocenters. The van der Waals surface area contributed by atoms with E-state index in [1.165, 1.54) is 15.3 Å². The van der Waals surface area contributed by atoms with Gasteiger partial charge in [-0.15, -0.1) is 22.7 Å². The third-order valence-corrected chi connectivity index (χ3v) is 5.19. The van der Waals surface area contributed by atoms with Crippen LogP contribution in [0.4, 0.5) is 0 Å². The number of nitrogens with zero attached hydrogens (tertiary/aromatic N) is 1. The third-order valence-electron chi connectivity index (χ3n) is 3.21. The minimum absolute atomic E-state index is 0.345. The first-order valence-electron chi connectivity index (χ1n) is 6.26. The maximum Gasteiger partial charge on any atom is 0.0570 e. The van der Waals surface area contributed by atoms with Crippen molar-refractivity contribution in [1.82, 2.24) is 4.90 Å². The van der Waals surface area contributed by atoms with Crippen molar-refractivity contribution < 1.29 is 0 Å². The van der Waals surface area contributed by atoms with Crippen LogP contribution in [0.5, 0.6) is 0 Å². The van der Waals surface area contributed by atoms with Gasteiger partial charge in [-0.1, -0.05) is 13.0 Å². The standard InChI is InChI=1S/C14H20N2S2/c1-3-16(10-12-5-4-7-17-12)13(9-15)14-11(2)6-8-18-14/h4-8,13H,3,9-10,15H2,1-2H3.